The van der Waals surface area contributed by atoms with Gasteiger partial charge in [0.15, 0.2) is 0 Å². The number of hydrogen-bond donors (Lipinski definition) is 1. The minimum Gasteiger partial charge on any atom is -0.329 e. The van der Waals surface area contributed by atoms with E-state index >= 15 is 0 Å². The van der Waals surface area contributed by atoms with Gasteiger partial charge < -0.3 is 5.73 Å². The molecule has 0 bridgehead atoms. The van der Waals surface area contributed by atoms with E-state index in [1.807, 2.05) is 0 Å². The Labute approximate surface area is 118 Å². The first-order chi connectivity index (χ1) is 8.81. The van der Waals surface area contributed by atoms with Gasteiger partial charge in [0.05, 0.1) is 0 Å². The summed E-state index contributed by atoms with van der Waals surface area (Å²) in [7, 11) is 2.24. The first-order valence-electron chi connectivity index (χ1n) is 7.71. The van der Waals surface area contributed by atoms with Gasteiger partial charge >= 0.3 is 0 Å². The van der Waals surface area contributed by atoms with E-state index < -0.39 is 0 Å². The summed E-state index contributed by atoms with van der Waals surface area (Å²) >= 11 is 0. The van der Waals surface area contributed by atoms with Gasteiger partial charge in [-0.2, -0.15) is 0 Å². The van der Waals surface area contributed by atoms with E-state index in [4.69, 9.17) is 5.73 Å². The van der Waals surface area contributed by atoms with Crippen molar-refractivity contribution in [1.29, 1.82) is 0 Å². The topological polar surface area (TPSA) is 35.7 Å². The zero-order valence-corrected chi connectivity index (χ0v) is 13.4. The lowest BCUT2D eigenvalue weighted by atomic mass is 9.90. The molecular weight excluding hydrogens is 236 g/mol. The maximum Gasteiger partial charge on any atom is 0.0471 e. The summed E-state index contributed by atoms with van der Waals surface area (Å²) in [6.07, 6.45) is 1.22. The lowest BCUT2D eigenvalue weighted by Gasteiger charge is -2.52. The molecule has 2 aliphatic rings. The largest absolute Gasteiger partial charge is 0.329 e. The molecule has 0 radical (unpaired) electrons. The van der Waals surface area contributed by atoms with E-state index in [1.54, 1.807) is 0 Å². The zero-order valence-electron chi connectivity index (χ0n) is 13.4. The number of nitrogens with zero attached hydrogens (tertiary/aromatic N) is 3. The second kappa shape index (κ2) is 5.32. The van der Waals surface area contributed by atoms with Gasteiger partial charge in [-0.1, -0.05) is 0 Å². The van der Waals surface area contributed by atoms with Crippen LogP contribution in [0.5, 0.6) is 0 Å². The third-order valence-electron chi connectivity index (χ3n) is 5.46. The normalized spacial score (nSPS) is 34.3. The quantitative estimate of drug-likeness (QED) is 0.822. The first kappa shape index (κ1) is 15.2. The molecule has 2 heterocycles. The van der Waals surface area contributed by atoms with Crippen molar-refractivity contribution in [3.05, 3.63) is 0 Å². The average molecular weight is 268 g/mol. The van der Waals surface area contributed by atoms with Gasteiger partial charge in [-0.25, -0.2) is 0 Å². The highest BCUT2D eigenvalue weighted by Gasteiger charge is 2.46. The molecule has 2 aliphatic heterocycles. The monoisotopic (exact) mass is 268 g/mol. The molecule has 2 fully saturated rings. The Kier molecular flexibility index (Phi) is 4.26. The number of likely N-dealkylation sites (tertiary alicyclic amines) is 1. The Morgan fingerprint density at radius 3 is 2.26 bits per heavy atom. The van der Waals surface area contributed by atoms with Crippen LogP contribution in [0, 0.1) is 0 Å². The standard InChI is InChI=1S/C15H32N4/c1-13(2)18-7-6-15(10-16,12-18)19-9-8-17(5)14(3,4)11-19/h13H,6-12,16H2,1-5H3. The molecule has 2 saturated heterocycles. The molecule has 4 heteroatoms. The molecule has 0 amide bonds. The maximum atomic E-state index is 6.20. The number of hydrogen-bond acceptors (Lipinski definition) is 4. The number of nitrogens with two attached hydrogens (primary N) is 1. The lowest BCUT2D eigenvalue weighted by molar-refractivity contribution is -0.0192. The van der Waals surface area contributed by atoms with Crippen molar-refractivity contribution in [3.8, 4) is 0 Å². The van der Waals surface area contributed by atoms with Crippen LogP contribution in [0.4, 0.5) is 0 Å². The van der Waals surface area contributed by atoms with Crippen LogP contribution in [0.25, 0.3) is 0 Å². The molecule has 1 atom stereocenters. The summed E-state index contributed by atoms with van der Waals surface area (Å²) in [6.45, 7) is 15.8. The van der Waals surface area contributed by atoms with Crippen molar-refractivity contribution >= 4 is 0 Å². The molecule has 0 saturated carbocycles. The highest BCUT2D eigenvalue weighted by atomic mass is 15.4. The van der Waals surface area contributed by atoms with Crippen LogP contribution < -0.4 is 5.73 Å². The fourth-order valence-corrected chi connectivity index (χ4v) is 3.53. The molecule has 2 rings (SSSR count). The van der Waals surface area contributed by atoms with Crippen LogP contribution in [-0.4, -0.2) is 78.1 Å². The van der Waals surface area contributed by atoms with Crippen LogP contribution in [0.1, 0.15) is 34.1 Å². The maximum absolute atomic E-state index is 6.20. The smallest absolute Gasteiger partial charge is 0.0471 e. The van der Waals surface area contributed by atoms with E-state index in [9.17, 15) is 0 Å². The Balaban J connectivity index is 2.11. The van der Waals surface area contributed by atoms with Crippen molar-refractivity contribution in [2.45, 2.75) is 51.2 Å². The van der Waals surface area contributed by atoms with Crippen LogP contribution in [0.2, 0.25) is 0 Å². The molecular formula is C15H32N4. The van der Waals surface area contributed by atoms with Crippen LogP contribution in [-0.2, 0) is 0 Å². The SMILES string of the molecule is CC(C)N1CCC(CN)(N2CCN(C)C(C)(C)C2)C1. The third-order valence-corrected chi connectivity index (χ3v) is 5.46. The van der Waals surface area contributed by atoms with Gasteiger partial charge in [-0.05, 0) is 41.2 Å². The molecule has 0 aliphatic carbocycles. The van der Waals surface area contributed by atoms with E-state index in [2.05, 4.69) is 49.4 Å². The molecule has 0 spiro atoms. The molecule has 0 aromatic rings. The Morgan fingerprint density at radius 2 is 1.79 bits per heavy atom. The van der Waals surface area contributed by atoms with E-state index in [1.165, 1.54) is 13.0 Å². The summed E-state index contributed by atoms with van der Waals surface area (Å²) in [5, 5.41) is 0. The molecule has 0 aromatic carbocycles. The minimum absolute atomic E-state index is 0.211. The van der Waals surface area contributed by atoms with E-state index in [-0.39, 0.29) is 11.1 Å². The Morgan fingerprint density at radius 1 is 1.11 bits per heavy atom. The highest BCUT2D eigenvalue weighted by molar-refractivity contribution is 5.04. The molecule has 112 valence electrons. The lowest BCUT2D eigenvalue weighted by Crippen LogP contribution is -2.66. The first-order valence-corrected chi connectivity index (χ1v) is 7.71. The molecule has 0 aromatic heterocycles. The van der Waals surface area contributed by atoms with Crippen molar-refractivity contribution < 1.29 is 0 Å². The summed E-state index contributed by atoms with van der Waals surface area (Å²) < 4.78 is 0. The predicted molar refractivity (Wildman–Crippen MR) is 81.4 cm³/mol. The highest BCUT2D eigenvalue weighted by Crippen LogP contribution is 2.32. The molecule has 1 unspecified atom stereocenters. The van der Waals surface area contributed by atoms with Gasteiger partial charge in [0.1, 0.15) is 0 Å². The second-order valence-corrected chi connectivity index (χ2v) is 7.40. The van der Waals surface area contributed by atoms with Gasteiger partial charge in [-0.15, -0.1) is 0 Å². The van der Waals surface area contributed by atoms with E-state index in [0.29, 0.717) is 6.04 Å². The van der Waals surface area contributed by atoms with Crippen molar-refractivity contribution in [3.63, 3.8) is 0 Å². The average Bonchev–Trinajstić information content (AvgIpc) is 2.78. The molecule has 19 heavy (non-hydrogen) atoms. The molecule has 2 N–H and O–H groups in total. The fourth-order valence-electron chi connectivity index (χ4n) is 3.53. The number of rotatable bonds is 3. The predicted octanol–water partition coefficient (Wildman–Crippen LogP) is 0.824. The Hall–Kier alpha value is -0.160. The minimum atomic E-state index is 0.211. The van der Waals surface area contributed by atoms with Crippen molar-refractivity contribution in [2.75, 3.05) is 46.3 Å². The van der Waals surface area contributed by atoms with Gasteiger partial charge in [-0.3, -0.25) is 14.7 Å². The third kappa shape index (κ3) is 2.82. The summed E-state index contributed by atoms with van der Waals surface area (Å²) in [5.74, 6) is 0. The van der Waals surface area contributed by atoms with Crippen molar-refractivity contribution in [2.24, 2.45) is 5.73 Å². The molecule has 4 nitrogen and oxygen atoms in total. The number of likely N-dealkylation sites (N-methyl/N-ethyl adjacent to an activating group) is 1. The summed E-state index contributed by atoms with van der Waals surface area (Å²) in [5.41, 5.74) is 6.67. The number of piperazine rings is 1. The fraction of sp³-hybridized carbons (Fsp3) is 1.00. The van der Waals surface area contributed by atoms with Gasteiger partial charge in [0.2, 0.25) is 0 Å². The van der Waals surface area contributed by atoms with Crippen LogP contribution in [0.3, 0.4) is 0 Å². The Bertz CT molecular complexity index is 315. The van der Waals surface area contributed by atoms with Crippen LogP contribution in [0.15, 0.2) is 0 Å². The summed E-state index contributed by atoms with van der Waals surface area (Å²) in [6, 6.07) is 0.633. The van der Waals surface area contributed by atoms with E-state index in [0.717, 1.165) is 32.7 Å². The van der Waals surface area contributed by atoms with Crippen LogP contribution >= 0.6 is 0 Å². The van der Waals surface area contributed by atoms with Gasteiger partial charge in [0.25, 0.3) is 0 Å². The second-order valence-electron chi connectivity index (χ2n) is 7.40. The zero-order chi connectivity index (χ0) is 14.3. The van der Waals surface area contributed by atoms with Crippen molar-refractivity contribution in [1.82, 2.24) is 14.7 Å². The summed E-state index contributed by atoms with van der Waals surface area (Å²) in [4.78, 5) is 7.73. The van der Waals surface area contributed by atoms with Gasteiger partial charge in [0, 0.05) is 56.4 Å².